The lowest BCUT2D eigenvalue weighted by atomic mass is 9.98. The Balaban J connectivity index is 1.52. The molecule has 0 radical (unpaired) electrons. The molecule has 8 heteroatoms. The highest BCUT2D eigenvalue weighted by Gasteiger charge is 2.31. The molecule has 126 valence electrons. The van der Waals surface area contributed by atoms with E-state index in [9.17, 15) is 13.2 Å². The Kier molecular flexibility index (Phi) is 3.65. The Labute approximate surface area is 140 Å². The molecule has 3 heterocycles. The number of benzene rings is 1. The first kappa shape index (κ1) is 15.3. The molecule has 1 saturated heterocycles. The maximum absolute atomic E-state index is 12.9. The summed E-state index contributed by atoms with van der Waals surface area (Å²) < 4.78 is 27.2. The summed E-state index contributed by atoms with van der Waals surface area (Å²) in [5, 5.41) is 2.72. The van der Waals surface area contributed by atoms with Gasteiger partial charge in [-0.05, 0) is 36.6 Å². The fourth-order valence-corrected chi connectivity index (χ4v) is 4.91. The molecule has 7 nitrogen and oxygen atoms in total. The van der Waals surface area contributed by atoms with Crippen molar-refractivity contribution in [3.05, 3.63) is 42.0 Å². The van der Waals surface area contributed by atoms with E-state index >= 15 is 0 Å². The van der Waals surface area contributed by atoms with E-state index in [4.69, 9.17) is 0 Å². The summed E-state index contributed by atoms with van der Waals surface area (Å²) >= 11 is 0. The van der Waals surface area contributed by atoms with Crippen LogP contribution >= 0.6 is 0 Å². The number of amides is 1. The summed E-state index contributed by atoms with van der Waals surface area (Å²) in [6.45, 7) is 0.948. The lowest BCUT2D eigenvalue weighted by Crippen LogP contribution is -2.38. The molecule has 1 amide bonds. The van der Waals surface area contributed by atoms with E-state index in [-0.39, 0.29) is 23.1 Å². The fourth-order valence-electron chi connectivity index (χ4n) is 3.39. The molecule has 1 fully saturated rings. The van der Waals surface area contributed by atoms with Crippen LogP contribution < -0.4 is 5.32 Å². The smallest absolute Gasteiger partial charge is 0.243 e. The molecule has 24 heavy (non-hydrogen) atoms. The second kappa shape index (κ2) is 5.71. The maximum atomic E-state index is 12.9. The van der Waals surface area contributed by atoms with Crippen molar-refractivity contribution in [2.75, 3.05) is 18.4 Å². The van der Waals surface area contributed by atoms with Crippen molar-refractivity contribution in [1.29, 1.82) is 0 Å². The van der Waals surface area contributed by atoms with Gasteiger partial charge in [0.25, 0.3) is 0 Å². The molecule has 0 saturated carbocycles. The molecule has 1 aromatic heterocycles. The molecule has 2 N–H and O–H groups in total. The standard InChI is InChI=1S/C16H18N4O3S/c21-15-10-12-9-13(1-2-14(12)19-15)24(22,23)20-7-3-11(4-8-20)16-17-5-6-18-16/h1-2,5-6,9,11H,3-4,7-8,10H2,(H,17,18)(H,19,21). The van der Waals surface area contributed by atoms with Crippen LogP contribution in [0.15, 0.2) is 35.5 Å². The lowest BCUT2D eigenvalue weighted by molar-refractivity contribution is -0.115. The number of imidazole rings is 1. The number of H-pyrrole nitrogens is 1. The summed E-state index contributed by atoms with van der Waals surface area (Å²) in [5.41, 5.74) is 1.45. The molecular weight excluding hydrogens is 328 g/mol. The Bertz CT molecular complexity index is 869. The minimum absolute atomic E-state index is 0.0983. The van der Waals surface area contributed by atoms with E-state index in [0.29, 0.717) is 18.8 Å². The fraction of sp³-hybridized carbons (Fsp3) is 0.375. The number of sulfonamides is 1. The quantitative estimate of drug-likeness (QED) is 0.880. The van der Waals surface area contributed by atoms with Gasteiger partial charge in [0.15, 0.2) is 0 Å². The van der Waals surface area contributed by atoms with Gasteiger partial charge in [-0.1, -0.05) is 0 Å². The first-order chi connectivity index (χ1) is 11.5. The van der Waals surface area contributed by atoms with E-state index in [0.717, 1.165) is 24.2 Å². The minimum Gasteiger partial charge on any atom is -0.348 e. The van der Waals surface area contributed by atoms with Gasteiger partial charge >= 0.3 is 0 Å². The number of piperidine rings is 1. The summed E-state index contributed by atoms with van der Waals surface area (Å²) in [4.78, 5) is 19.1. The van der Waals surface area contributed by atoms with Crippen LogP contribution in [0, 0.1) is 0 Å². The van der Waals surface area contributed by atoms with E-state index < -0.39 is 10.0 Å². The second-order valence-electron chi connectivity index (χ2n) is 6.20. The predicted molar refractivity (Wildman–Crippen MR) is 88.1 cm³/mol. The number of nitrogens with one attached hydrogen (secondary N) is 2. The van der Waals surface area contributed by atoms with Crippen LogP contribution in [0.3, 0.4) is 0 Å². The van der Waals surface area contributed by atoms with Gasteiger partial charge < -0.3 is 10.3 Å². The van der Waals surface area contributed by atoms with Crippen LogP contribution in [0.25, 0.3) is 0 Å². The van der Waals surface area contributed by atoms with Gasteiger partial charge in [0.1, 0.15) is 5.82 Å². The van der Waals surface area contributed by atoms with Crippen molar-refractivity contribution >= 4 is 21.6 Å². The van der Waals surface area contributed by atoms with Gasteiger partial charge in [-0.3, -0.25) is 4.79 Å². The third-order valence-electron chi connectivity index (χ3n) is 4.70. The molecule has 0 bridgehead atoms. The first-order valence-electron chi connectivity index (χ1n) is 7.96. The number of carbonyl (C=O) groups is 1. The summed E-state index contributed by atoms with van der Waals surface area (Å²) in [6.07, 6.45) is 5.24. The van der Waals surface area contributed by atoms with Gasteiger partial charge in [0.2, 0.25) is 15.9 Å². The number of aromatic amines is 1. The zero-order chi connectivity index (χ0) is 16.7. The molecule has 2 aliphatic heterocycles. The summed E-state index contributed by atoms with van der Waals surface area (Å²) in [5.74, 6) is 1.10. The molecule has 0 aliphatic carbocycles. The van der Waals surface area contributed by atoms with Crippen LogP contribution in [0.4, 0.5) is 5.69 Å². The molecule has 1 aromatic carbocycles. The summed E-state index contributed by atoms with van der Waals surface area (Å²) in [6, 6.07) is 4.85. The average molecular weight is 346 g/mol. The van der Waals surface area contributed by atoms with Crippen LogP contribution in [0.2, 0.25) is 0 Å². The molecule has 4 rings (SSSR count). The average Bonchev–Trinajstić information content (AvgIpc) is 3.22. The van der Waals surface area contributed by atoms with E-state index in [1.807, 2.05) is 0 Å². The molecular formula is C16H18N4O3S. The van der Waals surface area contributed by atoms with E-state index in [2.05, 4.69) is 15.3 Å². The van der Waals surface area contributed by atoms with Gasteiger partial charge in [-0.15, -0.1) is 0 Å². The summed E-state index contributed by atoms with van der Waals surface area (Å²) in [7, 11) is -3.53. The highest BCUT2D eigenvalue weighted by atomic mass is 32.2. The highest BCUT2D eigenvalue weighted by Crippen LogP contribution is 2.31. The largest absolute Gasteiger partial charge is 0.348 e. The number of rotatable bonds is 3. The third-order valence-corrected chi connectivity index (χ3v) is 6.59. The number of anilines is 1. The normalized spacial score (nSPS) is 19.2. The first-order valence-corrected chi connectivity index (χ1v) is 9.40. The number of nitrogens with zero attached hydrogens (tertiary/aromatic N) is 2. The molecule has 0 atom stereocenters. The van der Waals surface area contributed by atoms with Crippen LogP contribution in [0.5, 0.6) is 0 Å². The van der Waals surface area contributed by atoms with Gasteiger partial charge in [0, 0.05) is 37.1 Å². The van der Waals surface area contributed by atoms with E-state index in [1.54, 1.807) is 30.6 Å². The Morgan fingerprint density at radius 1 is 1.21 bits per heavy atom. The SMILES string of the molecule is O=C1Cc2cc(S(=O)(=O)N3CCC(c4ncc[nH]4)CC3)ccc2N1. The van der Waals surface area contributed by atoms with Crippen molar-refractivity contribution < 1.29 is 13.2 Å². The minimum atomic E-state index is -3.53. The lowest BCUT2D eigenvalue weighted by Gasteiger charge is -2.30. The Morgan fingerprint density at radius 2 is 2.00 bits per heavy atom. The van der Waals surface area contributed by atoms with Crippen LogP contribution in [-0.2, 0) is 21.2 Å². The number of aromatic nitrogens is 2. The van der Waals surface area contributed by atoms with Crippen molar-refractivity contribution in [3.63, 3.8) is 0 Å². The zero-order valence-electron chi connectivity index (χ0n) is 13.0. The second-order valence-corrected chi connectivity index (χ2v) is 8.13. The number of carbonyl (C=O) groups excluding carboxylic acids is 1. The van der Waals surface area contributed by atoms with Gasteiger partial charge in [-0.2, -0.15) is 4.31 Å². The predicted octanol–water partition coefficient (Wildman–Crippen LogP) is 1.47. The van der Waals surface area contributed by atoms with Gasteiger partial charge in [0.05, 0.1) is 11.3 Å². The van der Waals surface area contributed by atoms with Crippen molar-refractivity contribution in [3.8, 4) is 0 Å². The molecule has 0 unspecified atom stereocenters. The Hall–Kier alpha value is -2.19. The highest BCUT2D eigenvalue weighted by molar-refractivity contribution is 7.89. The van der Waals surface area contributed by atoms with Gasteiger partial charge in [-0.25, -0.2) is 13.4 Å². The van der Waals surface area contributed by atoms with Crippen molar-refractivity contribution in [2.45, 2.75) is 30.1 Å². The monoisotopic (exact) mass is 346 g/mol. The topological polar surface area (TPSA) is 95.2 Å². The maximum Gasteiger partial charge on any atom is 0.243 e. The van der Waals surface area contributed by atoms with E-state index in [1.165, 1.54) is 4.31 Å². The number of hydrogen-bond acceptors (Lipinski definition) is 4. The molecule has 0 spiro atoms. The number of fused-ring (bicyclic) bond motifs is 1. The van der Waals surface area contributed by atoms with Crippen molar-refractivity contribution in [1.82, 2.24) is 14.3 Å². The third kappa shape index (κ3) is 2.61. The Morgan fingerprint density at radius 3 is 2.71 bits per heavy atom. The molecule has 2 aromatic rings. The van der Waals surface area contributed by atoms with Crippen molar-refractivity contribution in [2.24, 2.45) is 0 Å². The zero-order valence-corrected chi connectivity index (χ0v) is 13.8. The van der Waals surface area contributed by atoms with Crippen LogP contribution in [0.1, 0.15) is 30.1 Å². The number of hydrogen-bond donors (Lipinski definition) is 2. The molecule has 2 aliphatic rings. The van der Waals surface area contributed by atoms with Crippen LogP contribution in [-0.4, -0.2) is 41.7 Å².